The van der Waals surface area contributed by atoms with Gasteiger partial charge in [-0.15, -0.1) is 0 Å². The van der Waals surface area contributed by atoms with Gasteiger partial charge < -0.3 is 20.5 Å². The third-order valence-electron chi connectivity index (χ3n) is 2.25. The first-order valence-corrected chi connectivity index (χ1v) is 6.17. The van der Waals surface area contributed by atoms with E-state index in [0.717, 1.165) is 11.2 Å². The summed E-state index contributed by atoms with van der Waals surface area (Å²) in [6.45, 7) is 0.211. The first-order chi connectivity index (χ1) is 6.79. The number of amides is 1. The quantitative estimate of drug-likeness (QED) is 0.546. The predicted molar refractivity (Wildman–Crippen MR) is 49.2 cm³/mol. The predicted octanol–water partition coefficient (Wildman–Crippen LogP) is -2.43. The lowest BCUT2D eigenvalue weighted by molar-refractivity contribution is -0.264. The smallest absolute Gasteiger partial charge is 0.264 e. The minimum absolute atomic E-state index is 0.0935. The number of carboxylic acid groups (broad SMARTS) is 1. The molecule has 15 heavy (non-hydrogen) atoms. The van der Waals surface area contributed by atoms with Crippen LogP contribution in [0, 0.1) is 5.92 Å². The molecule has 88 valence electrons. The summed E-state index contributed by atoms with van der Waals surface area (Å²) in [6.07, 6.45) is -0.364. The molecule has 8 heteroatoms. The Morgan fingerprint density at radius 3 is 2.60 bits per heavy atom. The molecule has 0 radical (unpaired) electrons. The zero-order chi connectivity index (χ0) is 11.6. The molecule has 7 nitrogen and oxygen atoms in total. The van der Waals surface area contributed by atoms with Crippen LogP contribution in [-0.4, -0.2) is 51.4 Å². The molecule has 0 bridgehead atoms. The van der Waals surface area contributed by atoms with Gasteiger partial charge in [0.15, 0.2) is 0 Å². The van der Waals surface area contributed by atoms with Gasteiger partial charge in [0.25, 0.3) is 10.1 Å². The van der Waals surface area contributed by atoms with Gasteiger partial charge in [-0.1, -0.05) is 0 Å². The molecule has 2 N–H and O–H groups in total. The van der Waals surface area contributed by atoms with E-state index in [0.29, 0.717) is 0 Å². The number of nitrogens with zero attached hydrogens (tertiary/aromatic N) is 1. The van der Waals surface area contributed by atoms with Crippen molar-refractivity contribution in [2.75, 3.05) is 26.0 Å². The molecule has 1 heterocycles. The monoisotopic (exact) mass is 237 g/mol. The van der Waals surface area contributed by atoms with E-state index in [9.17, 15) is 18.3 Å². The summed E-state index contributed by atoms with van der Waals surface area (Å²) in [5.41, 5.74) is 5.63. The molecule has 1 amide bonds. The second-order valence-electron chi connectivity index (χ2n) is 3.58. The number of hydrogen-bond donors (Lipinski definition) is 1. The Kier molecular flexibility index (Phi) is 3.53. The Balaban J connectivity index is 2.48. The number of likely N-dealkylation sites (tertiary alicyclic amines) is 1. The van der Waals surface area contributed by atoms with Gasteiger partial charge in [-0.3, -0.25) is 4.18 Å². The largest absolute Gasteiger partial charge is 0.530 e. The van der Waals surface area contributed by atoms with Crippen LogP contribution in [0.2, 0.25) is 0 Å². The van der Waals surface area contributed by atoms with E-state index in [1.165, 1.54) is 0 Å². The van der Waals surface area contributed by atoms with E-state index < -0.39 is 22.3 Å². The second-order valence-corrected chi connectivity index (χ2v) is 5.23. The van der Waals surface area contributed by atoms with Crippen LogP contribution in [0.3, 0.4) is 0 Å². The van der Waals surface area contributed by atoms with Crippen molar-refractivity contribution in [3.63, 3.8) is 0 Å². The van der Waals surface area contributed by atoms with E-state index in [1.54, 1.807) is 0 Å². The van der Waals surface area contributed by atoms with Crippen LogP contribution in [0.4, 0.5) is 4.79 Å². The van der Waals surface area contributed by atoms with E-state index in [1.807, 2.05) is 0 Å². The van der Waals surface area contributed by atoms with E-state index >= 15 is 0 Å². The van der Waals surface area contributed by atoms with Crippen LogP contribution in [0.1, 0.15) is 0 Å². The molecule has 0 saturated carbocycles. The van der Waals surface area contributed by atoms with Gasteiger partial charge in [-0.25, -0.2) is 0 Å². The SMILES string of the molecule is CS(=O)(=O)OC[C@H]1CN(C(=O)[O-])C[C@H]1N. The van der Waals surface area contributed by atoms with Crippen LogP contribution in [0.5, 0.6) is 0 Å². The fourth-order valence-corrected chi connectivity index (χ4v) is 1.85. The first-order valence-electron chi connectivity index (χ1n) is 4.35. The van der Waals surface area contributed by atoms with E-state index in [2.05, 4.69) is 4.18 Å². The molecule has 0 aromatic carbocycles. The van der Waals surface area contributed by atoms with Crippen molar-refractivity contribution in [3.8, 4) is 0 Å². The summed E-state index contributed by atoms with van der Waals surface area (Å²) in [4.78, 5) is 11.5. The van der Waals surface area contributed by atoms with Gasteiger partial charge in [-0.05, 0) is 0 Å². The molecule has 0 aromatic heterocycles. The normalized spacial score (nSPS) is 26.9. The van der Waals surface area contributed by atoms with Gasteiger partial charge in [-0.2, -0.15) is 8.42 Å². The van der Waals surface area contributed by atoms with Crippen LogP contribution in [0.25, 0.3) is 0 Å². The maximum absolute atomic E-state index is 10.7. The van der Waals surface area contributed by atoms with Crippen LogP contribution >= 0.6 is 0 Å². The van der Waals surface area contributed by atoms with Gasteiger partial charge in [0.05, 0.1) is 12.9 Å². The third-order valence-corrected chi connectivity index (χ3v) is 2.81. The van der Waals surface area contributed by atoms with Gasteiger partial charge in [0, 0.05) is 25.0 Å². The molecule has 1 aliphatic rings. The standard InChI is InChI=1S/C7H14N2O5S/c1-15(12,13)14-4-5-2-9(7(10)11)3-6(5)8/h5-6H,2-4,8H2,1H3,(H,10,11)/p-1/t5-,6-/m1/s1. The van der Waals surface area contributed by atoms with Crippen LogP contribution in [0.15, 0.2) is 0 Å². The van der Waals surface area contributed by atoms with Crippen molar-refractivity contribution in [1.82, 2.24) is 4.90 Å². The first kappa shape index (κ1) is 12.2. The highest BCUT2D eigenvalue weighted by atomic mass is 32.2. The van der Waals surface area contributed by atoms with Crippen molar-refractivity contribution in [3.05, 3.63) is 0 Å². The Morgan fingerprint density at radius 2 is 2.20 bits per heavy atom. The van der Waals surface area contributed by atoms with Crippen molar-refractivity contribution in [2.24, 2.45) is 11.7 Å². The molecular weight excluding hydrogens is 224 g/mol. The second kappa shape index (κ2) is 4.33. The summed E-state index contributed by atoms with van der Waals surface area (Å²) >= 11 is 0. The number of carbonyl (C=O) groups excluding carboxylic acids is 1. The molecule has 1 fully saturated rings. The Bertz CT molecular complexity index is 341. The van der Waals surface area contributed by atoms with Gasteiger partial charge >= 0.3 is 0 Å². The summed E-state index contributed by atoms with van der Waals surface area (Å²) < 4.78 is 26.0. The Labute approximate surface area is 87.9 Å². The fourth-order valence-electron chi connectivity index (χ4n) is 1.43. The number of hydrogen-bond acceptors (Lipinski definition) is 6. The number of nitrogens with two attached hydrogens (primary N) is 1. The van der Waals surface area contributed by atoms with E-state index in [-0.39, 0.29) is 25.6 Å². The van der Waals surface area contributed by atoms with Crippen LogP contribution in [-0.2, 0) is 14.3 Å². The summed E-state index contributed by atoms with van der Waals surface area (Å²) in [5.74, 6) is -0.308. The average molecular weight is 237 g/mol. The lowest BCUT2D eigenvalue weighted by Gasteiger charge is -2.17. The molecule has 1 rings (SSSR count). The summed E-state index contributed by atoms with van der Waals surface area (Å²) in [6, 6.07) is -0.412. The van der Waals surface area contributed by atoms with Crippen molar-refractivity contribution < 1.29 is 22.5 Å². The topological polar surface area (TPSA) is 113 Å². The molecule has 0 unspecified atom stereocenters. The van der Waals surface area contributed by atoms with Crippen LogP contribution < -0.4 is 10.8 Å². The maximum Gasteiger partial charge on any atom is 0.264 e. The molecule has 2 atom stereocenters. The highest BCUT2D eigenvalue weighted by Crippen LogP contribution is 2.15. The number of rotatable bonds is 3. The average Bonchev–Trinajstić information content (AvgIpc) is 2.42. The molecule has 0 aromatic rings. The van der Waals surface area contributed by atoms with Crippen molar-refractivity contribution >= 4 is 16.2 Å². The molecule has 0 aliphatic carbocycles. The minimum Gasteiger partial charge on any atom is -0.530 e. The fraction of sp³-hybridized carbons (Fsp3) is 0.857. The van der Waals surface area contributed by atoms with E-state index in [4.69, 9.17) is 5.73 Å². The molecule has 1 aliphatic heterocycles. The zero-order valence-electron chi connectivity index (χ0n) is 8.25. The Morgan fingerprint density at radius 1 is 1.60 bits per heavy atom. The number of carbonyl (C=O) groups is 1. The highest BCUT2D eigenvalue weighted by Gasteiger charge is 2.31. The lowest BCUT2D eigenvalue weighted by atomic mass is 10.1. The zero-order valence-corrected chi connectivity index (χ0v) is 9.07. The third kappa shape index (κ3) is 3.65. The molecule has 0 spiro atoms. The molecular formula is C7H13N2O5S-. The Hall–Kier alpha value is -0.860. The van der Waals surface area contributed by atoms with Gasteiger partial charge in [0.2, 0.25) is 0 Å². The highest BCUT2D eigenvalue weighted by molar-refractivity contribution is 7.85. The summed E-state index contributed by atoms with van der Waals surface area (Å²) in [5, 5.41) is 10.5. The van der Waals surface area contributed by atoms with Crippen molar-refractivity contribution in [2.45, 2.75) is 6.04 Å². The minimum atomic E-state index is -3.51. The molecule has 1 saturated heterocycles. The van der Waals surface area contributed by atoms with Crippen molar-refractivity contribution in [1.29, 1.82) is 0 Å². The lowest BCUT2D eigenvalue weighted by Crippen LogP contribution is -2.40. The maximum atomic E-state index is 10.7. The summed E-state index contributed by atoms with van der Waals surface area (Å²) in [7, 11) is -3.51. The van der Waals surface area contributed by atoms with Gasteiger partial charge in [0.1, 0.15) is 6.09 Å².